The van der Waals surface area contributed by atoms with E-state index in [1.165, 1.54) is 0 Å². The molecule has 2 aliphatic heterocycles. The van der Waals surface area contributed by atoms with Crippen LogP contribution in [0.5, 0.6) is 23.0 Å². The van der Waals surface area contributed by atoms with Crippen LogP contribution in [0.15, 0.2) is 47.6 Å². The fraction of sp³-hybridized carbons (Fsp3) is 0.250. The van der Waals surface area contributed by atoms with Crippen LogP contribution in [0.4, 0.5) is 0 Å². The van der Waals surface area contributed by atoms with Crippen molar-refractivity contribution in [1.29, 1.82) is 0 Å². The van der Waals surface area contributed by atoms with Gasteiger partial charge in [-0.05, 0) is 47.5 Å². The highest BCUT2D eigenvalue weighted by Crippen LogP contribution is 2.40. The zero-order chi connectivity index (χ0) is 20.9. The molecule has 7 heteroatoms. The number of fused-ring (bicyclic) bond motifs is 7. The van der Waals surface area contributed by atoms with Gasteiger partial charge in [-0.1, -0.05) is 19.4 Å². The first-order valence-electron chi connectivity index (χ1n) is 10.4. The number of hydrogen-bond donors (Lipinski definition) is 0. The van der Waals surface area contributed by atoms with E-state index in [1.807, 2.05) is 40.9 Å². The Bertz CT molecular complexity index is 1450. The number of aromatic nitrogens is 1. The van der Waals surface area contributed by atoms with Crippen LogP contribution in [0.25, 0.3) is 27.1 Å². The van der Waals surface area contributed by atoms with Gasteiger partial charge in [-0.15, -0.1) is 0 Å². The zero-order valence-electron chi connectivity index (χ0n) is 17.0. The summed E-state index contributed by atoms with van der Waals surface area (Å²) in [5.41, 5.74) is 1.47. The molecule has 1 amide bonds. The van der Waals surface area contributed by atoms with Crippen LogP contribution >= 0.6 is 0 Å². The largest absolute Gasteiger partial charge is 0.454 e. The van der Waals surface area contributed by atoms with Crippen molar-refractivity contribution in [3.8, 4) is 23.0 Å². The Labute approximate surface area is 177 Å². The van der Waals surface area contributed by atoms with Gasteiger partial charge in [-0.25, -0.2) is 0 Å². The fourth-order valence-electron chi connectivity index (χ4n) is 4.23. The average molecular weight is 416 g/mol. The number of unbranched alkanes of at least 4 members (excludes halogenated alkanes) is 1. The first-order valence-corrected chi connectivity index (χ1v) is 10.4. The van der Waals surface area contributed by atoms with Crippen LogP contribution in [0.2, 0.25) is 0 Å². The minimum absolute atomic E-state index is 0.148. The van der Waals surface area contributed by atoms with E-state index in [-0.39, 0.29) is 19.5 Å². The Balaban J connectivity index is 1.73. The Hall–Kier alpha value is -3.74. The predicted octanol–water partition coefficient (Wildman–Crippen LogP) is 4.32. The number of rotatable bonds is 3. The molecule has 0 bridgehead atoms. The minimum atomic E-state index is -0.148. The van der Waals surface area contributed by atoms with Gasteiger partial charge in [0, 0.05) is 18.0 Å². The van der Waals surface area contributed by atoms with Crippen LogP contribution in [0.3, 0.4) is 0 Å². The van der Waals surface area contributed by atoms with Crippen molar-refractivity contribution in [3.05, 3.63) is 48.1 Å². The van der Waals surface area contributed by atoms with Gasteiger partial charge in [0.2, 0.25) is 19.5 Å². The SMILES string of the molecule is CCCCC(=O)N=c1c2c3c(ccc2cc2c4cc5c(cc4ccn12)OCO5)OCO3. The molecule has 6 rings (SSSR count). The van der Waals surface area contributed by atoms with Gasteiger partial charge >= 0.3 is 0 Å². The van der Waals surface area contributed by atoms with Crippen molar-refractivity contribution in [2.75, 3.05) is 13.6 Å². The lowest BCUT2D eigenvalue weighted by atomic mass is 10.1. The fourth-order valence-corrected chi connectivity index (χ4v) is 4.23. The molecule has 0 fully saturated rings. The quantitative estimate of drug-likeness (QED) is 0.367. The lowest BCUT2D eigenvalue weighted by Gasteiger charge is -2.12. The first-order chi connectivity index (χ1) is 15.2. The van der Waals surface area contributed by atoms with Crippen LogP contribution in [-0.2, 0) is 4.79 Å². The molecule has 0 saturated carbocycles. The molecule has 0 spiro atoms. The van der Waals surface area contributed by atoms with Crippen molar-refractivity contribution in [2.45, 2.75) is 26.2 Å². The van der Waals surface area contributed by atoms with E-state index in [9.17, 15) is 4.79 Å². The second kappa shape index (κ2) is 6.91. The third-order valence-electron chi connectivity index (χ3n) is 5.77. The molecule has 4 heterocycles. The highest BCUT2D eigenvalue weighted by molar-refractivity contribution is 6.03. The topological polar surface area (TPSA) is 70.8 Å². The number of nitrogens with zero attached hydrogens (tertiary/aromatic N) is 2. The summed E-state index contributed by atoms with van der Waals surface area (Å²) in [5, 5.41) is 3.71. The second-order valence-electron chi connectivity index (χ2n) is 7.70. The molecule has 2 aromatic heterocycles. The Morgan fingerprint density at radius 2 is 1.77 bits per heavy atom. The maximum absolute atomic E-state index is 12.7. The van der Waals surface area contributed by atoms with Gasteiger partial charge in [0.25, 0.3) is 0 Å². The van der Waals surface area contributed by atoms with E-state index >= 15 is 0 Å². The number of pyridine rings is 2. The van der Waals surface area contributed by atoms with E-state index in [0.29, 0.717) is 29.2 Å². The molecule has 0 radical (unpaired) electrons. The minimum Gasteiger partial charge on any atom is -0.454 e. The monoisotopic (exact) mass is 416 g/mol. The van der Waals surface area contributed by atoms with E-state index < -0.39 is 0 Å². The molecule has 4 aromatic rings. The molecular formula is C24H20N2O5. The van der Waals surface area contributed by atoms with Crippen LogP contribution in [-0.4, -0.2) is 23.9 Å². The van der Waals surface area contributed by atoms with Crippen molar-refractivity contribution in [2.24, 2.45) is 4.99 Å². The maximum atomic E-state index is 12.7. The normalized spacial score (nSPS) is 14.8. The lowest BCUT2D eigenvalue weighted by molar-refractivity contribution is -0.118. The zero-order valence-corrected chi connectivity index (χ0v) is 17.0. The van der Waals surface area contributed by atoms with Gasteiger partial charge in [0.15, 0.2) is 28.5 Å². The van der Waals surface area contributed by atoms with Crippen molar-refractivity contribution >= 4 is 33.0 Å². The molecule has 31 heavy (non-hydrogen) atoms. The van der Waals surface area contributed by atoms with Crippen LogP contribution < -0.4 is 24.4 Å². The standard InChI is InChI=1S/C24H20N2O5/c1-2-3-4-21(27)25-24-22-15(5-6-18-23(22)31-13-28-18)9-17-16-11-20-19(29-12-30-20)10-14(16)7-8-26(17)24/h5-11H,2-4,12-13H2,1H3. The number of carbonyl (C=O) groups is 1. The summed E-state index contributed by atoms with van der Waals surface area (Å²) in [7, 11) is 0. The number of benzene rings is 2. The molecular weight excluding hydrogens is 396 g/mol. The summed E-state index contributed by atoms with van der Waals surface area (Å²) in [6, 6.07) is 11.9. The van der Waals surface area contributed by atoms with E-state index in [1.54, 1.807) is 0 Å². The van der Waals surface area contributed by atoms with Gasteiger partial charge in [0.05, 0.1) is 10.9 Å². The molecule has 0 aliphatic carbocycles. The van der Waals surface area contributed by atoms with Crippen molar-refractivity contribution in [1.82, 2.24) is 4.40 Å². The van der Waals surface area contributed by atoms with E-state index in [0.717, 1.165) is 45.7 Å². The summed E-state index contributed by atoms with van der Waals surface area (Å²) in [5.74, 6) is 2.59. The summed E-state index contributed by atoms with van der Waals surface area (Å²) >= 11 is 0. The predicted molar refractivity (Wildman–Crippen MR) is 115 cm³/mol. The lowest BCUT2D eigenvalue weighted by Crippen LogP contribution is -2.18. The van der Waals surface area contributed by atoms with Gasteiger partial charge in [-0.3, -0.25) is 4.79 Å². The highest BCUT2D eigenvalue weighted by atomic mass is 16.7. The van der Waals surface area contributed by atoms with Crippen LogP contribution in [0.1, 0.15) is 26.2 Å². The van der Waals surface area contributed by atoms with Gasteiger partial charge in [0.1, 0.15) is 0 Å². The third-order valence-corrected chi connectivity index (χ3v) is 5.77. The summed E-state index contributed by atoms with van der Waals surface area (Å²) in [6.07, 6.45) is 4.09. The molecule has 0 unspecified atom stereocenters. The number of ether oxygens (including phenoxy) is 4. The molecule has 2 aliphatic rings. The Kier molecular flexibility index (Phi) is 4.02. The van der Waals surface area contributed by atoms with Gasteiger partial charge < -0.3 is 23.3 Å². The summed E-state index contributed by atoms with van der Waals surface area (Å²) in [6.45, 7) is 2.43. The first kappa shape index (κ1) is 18.1. The number of carbonyl (C=O) groups excluding carboxylic acids is 1. The smallest absolute Gasteiger partial charge is 0.247 e. The Morgan fingerprint density at radius 1 is 0.968 bits per heavy atom. The summed E-state index contributed by atoms with van der Waals surface area (Å²) in [4.78, 5) is 17.2. The molecule has 0 N–H and O–H groups in total. The van der Waals surface area contributed by atoms with Gasteiger partial charge in [-0.2, -0.15) is 4.99 Å². The van der Waals surface area contributed by atoms with E-state index in [2.05, 4.69) is 18.0 Å². The van der Waals surface area contributed by atoms with Crippen molar-refractivity contribution in [3.63, 3.8) is 0 Å². The number of hydrogen-bond acceptors (Lipinski definition) is 5. The molecule has 0 atom stereocenters. The molecule has 156 valence electrons. The Morgan fingerprint density at radius 3 is 2.65 bits per heavy atom. The highest BCUT2D eigenvalue weighted by Gasteiger charge is 2.21. The summed E-state index contributed by atoms with van der Waals surface area (Å²) < 4.78 is 24.4. The van der Waals surface area contributed by atoms with Crippen molar-refractivity contribution < 1.29 is 23.7 Å². The number of amides is 1. The molecule has 2 aromatic carbocycles. The maximum Gasteiger partial charge on any atom is 0.247 e. The molecule has 7 nitrogen and oxygen atoms in total. The van der Waals surface area contributed by atoms with Crippen LogP contribution in [0, 0.1) is 0 Å². The third kappa shape index (κ3) is 2.80. The van der Waals surface area contributed by atoms with E-state index in [4.69, 9.17) is 18.9 Å². The average Bonchev–Trinajstić information content (AvgIpc) is 3.44. The second-order valence-corrected chi connectivity index (χ2v) is 7.70. The molecule has 0 saturated heterocycles.